The molecule has 1 heterocycles. The van der Waals surface area contributed by atoms with Crippen molar-refractivity contribution in [2.75, 3.05) is 0 Å². The first-order chi connectivity index (χ1) is 6.66. The number of hydrogen-bond acceptors (Lipinski definition) is 2. The standard InChI is InChI=1S/C10H15NO2/c1-2-3-4-5-8-11-9(12)6-7-10(11)13/h5,8H,2-4,6-7H2,1H3/b8-5+/i8D. The van der Waals surface area contributed by atoms with Gasteiger partial charge in [-0.05, 0) is 6.42 Å². The Hall–Kier alpha value is -1.12. The van der Waals surface area contributed by atoms with Crippen molar-refractivity contribution in [1.82, 2.24) is 4.90 Å². The van der Waals surface area contributed by atoms with E-state index >= 15 is 0 Å². The lowest BCUT2D eigenvalue weighted by Crippen LogP contribution is -2.22. The van der Waals surface area contributed by atoms with Gasteiger partial charge >= 0.3 is 0 Å². The van der Waals surface area contributed by atoms with Gasteiger partial charge in [-0.1, -0.05) is 25.8 Å². The zero-order valence-electron chi connectivity index (χ0n) is 8.88. The molecular formula is C10H15NO2. The molecule has 2 amide bonds. The number of allylic oxidation sites excluding steroid dienone is 1. The number of likely N-dealkylation sites (tertiary alicyclic amines) is 1. The molecule has 0 aliphatic carbocycles. The maximum absolute atomic E-state index is 11.2. The summed E-state index contributed by atoms with van der Waals surface area (Å²) in [4.78, 5) is 23.4. The largest absolute Gasteiger partial charge is 0.274 e. The number of carbonyl (C=O) groups is 2. The molecule has 0 aromatic rings. The minimum atomic E-state index is -0.243. The lowest BCUT2D eigenvalue weighted by molar-refractivity contribution is -0.135. The average Bonchev–Trinajstić information content (AvgIpc) is 2.46. The molecule has 0 radical (unpaired) electrons. The van der Waals surface area contributed by atoms with Crippen molar-refractivity contribution >= 4 is 11.8 Å². The Labute approximate surface area is 79.8 Å². The van der Waals surface area contributed by atoms with Crippen LogP contribution in [-0.2, 0) is 9.59 Å². The number of carbonyl (C=O) groups excluding carboxylic acids is 2. The summed E-state index contributed by atoms with van der Waals surface area (Å²) in [6.45, 7) is 2.06. The minimum absolute atomic E-state index is 0.0472. The second kappa shape index (κ2) is 4.80. The molecule has 0 unspecified atom stereocenters. The fourth-order valence-corrected chi connectivity index (χ4v) is 1.18. The van der Waals surface area contributed by atoms with Crippen molar-refractivity contribution in [3.8, 4) is 0 Å². The van der Waals surface area contributed by atoms with Gasteiger partial charge in [0.1, 0.15) is 0 Å². The fraction of sp³-hybridized carbons (Fsp3) is 0.600. The predicted octanol–water partition coefficient (Wildman–Crippen LogP) is 1.84. The van der Waals surface area contributed by atoms with Crippen LogP contribution in [0, 0.1) is 0 Å². The Morgan fingerprint density at radius 1 is 1.46 bits per heavy atom. The van der Waals surface area contributed by atoms with E-state index in [1.54, 1.807) is 6.08 Å². The molecule has 72 valence electrons. The highest BCUT2D eigenvalue weighted by molar-refractivity contribution is 6.02. The third-order valence-electron chi connectivity index (χ3n) is 1.97. The average molecular weight is 182 g/mol. The van der Waals surface area contributed by atoms with Gasteiger partial charge in [0.15, 0.2) is 0 Å². The number of imide groups is 1. The smallest absolute Gasteiger partial charge is 0.233 e. The molecule has 3 heteroatoms. The van der Waals surface area contributed by atoms with Gasteiger partial charge in [-0.25, -0.2) is 0 Å². The molecule has 1 aliphatic heterocycles. The van der Waals surface area contributed by atoms with Crippen LogP contribution in [0.5, 0.6) is 0 Å². The van der Waals surface area contributed by atoms with Gasteiger partial charge in [-0.3, -0.25) is 14.5 Å². The number of rotatable bonds is 4. The lowest BCUT2D eigenvalue weighted by atomic mass is 10.2. The van der Waals surface area contributed by atoms with Gasteiger partial charge in [0.2, 0.25) is 11.8 Å². The second-order valence-electron chi connectivity index (χ2n) is 3.10. The van der Waals surface area contributed by atoms with Crippen molar-refractivity contribution in [2.45, 2.75) is 39.0 Å². The van der Waals surface area contributed by atoms with Crippen LogP contribution in [0.2, 0.25) is 0 Å². The first kappa shape index (κ1) is 8.48. The fourth-order valence-electron chi connectivity index (χ4n) is 1.18. The molecule has 13 heavy (non-hydrogen) atoms. The quantitative estimate of drug-likeness (QED) is 0.491. The first-order valence-electron chi connectivity index (χ1n) is 5.19. The summed E-state index contributed by atoms with van der Waals surface area (Å²) in [6.07, 6.45) is 4.98. The molecule has 0 aromatic carbocycles. The summed E-state index contributed by atoms with van der Waals surface area (Å²) in [6, 6.07) is 0. The molecule has 1 aliphatic rings. The maximum Gasteiger partial charge on any atom is 0.233 e. The summed E-state index contributed by atoms with van der Waals surface area (Å²) >= 11 is 0. The predicted molar refractivity (Wildman–Crippen MR) is 49.8 cm³/mol. The topological polar surface area (TPSA) is 37.4 Å². The Balaban J connectivity index is 2.58. The van der Waals surface area contributed by atoms with Gasteiger partial charge in [-0.15, -0.1) is 0 Å². The minimum Gasteiger partial charge on any atom is -0.274 e. The van der Waals surface area contributed by atoms with Crippen LogP contribution < -0.4 is 0 Å². The molecule has 1 saturated heterocycles. The molecule has 0 saturated carbocycles. The number of hydrogen-bond donors (Lipinski definition) is 0. The van der Waals surface area contributed by atoms with Crippen molar-refractivity contribution in [3.63, 3.8) is 0 Å². The van der Waals surface area contributed by atoms with Crippen molar-refractivity contribution in [1.29, 1.82) is 0 Å². The summed E-state index contributed by atoms with van der Waals surface area (Å²) in [7, 11) is 0. The van der Waals surface area contributed by atoms with E-state index in [0.29, 0.717) is 0 Å². The van der Waals surface area contributed by atoms with Crippen LogP contribution in [0.4, 0.5) is 0 Å². The van der Waals surface area contributed by atoms with Gasteiger partial charge in [0.25, 0.3) is 0 Å². The Kier molecular flexibility index (Phi) is 3.13. The molecule has 0 aromatic heterocycles. The third-order valence-corrected chi connectivity index (χ3v) is 1.97. The van der Waals surface area contributed by atoms with E-state index < -0.39 is 0 Å². The van der Waals surface area contributed by atoms with E-state index in [-0.39, 0.29) is 30.8 Å². The van der Waals surface area contributed by atoms with Crippen molar-refractivity contribution in [2.24, 2.45) is 0 Å². The first-order valence-corrected chi connectivity index (χ1v) is 4.69. The zero-order chi connectivity index (χ0) is 10.6. The third kappa shape index (κ3) is 2.68. The van der Waals surface area contributed by atoms with E-state index in [4.69, 9.17) is 1.37 Å². The molecule has 0 bridgehead atoms. The molecule has 3 nitrogen and oxygen atoms in total. The van der Waals surface area contributed by atoms with Gasteiger partial charge in [0.05, 0.1) is 1.37 Å². The van der Waals surface area contributed by atoms with Gasteiger partial charge in [-0.2, -0.15) is 0 Å². The van der Waals surface area contributed by atoms with Crippen LogP contribution in [0.1, 0.15) is 40.4 Å². The second-order valence-corrected chi connectivity index (χ2v) is 3.10. The monoisotopic (exact) mass is 182 g/mol. The molecular weight excluding hydrogens is 166 g/mol. The SMILES string of the molecule is [2H]/C(=C\CCCC)N1C(=O)CCC1=O. The summed E-state index contributed by atoms with van der Waals surface area (Å²) in [5, 5.41) is 0. The Morgan fingerprint density at radius 3 is 2.62 bits per heavy atom. The molecule has 1 fully saturated rings. The van der Waals surface area contributed by atoms with E-state index in [2.05, 4.69) is 6.92 Å². The van der Waals surface area contributed by atoms with Crippen LogP contribution in [0.25, 0.3) is 0 Å². The molecule has 0 N–H and O–H groups in total. The Morgan fingerprint density at radius 2 is 2.08 bits per heavy atom. The number of amides is 2. The highest BCUT2D eigenvalue weighted by Gasteiger charge is 2.26. The highest BCUT2D eigenvalue weighted by Crippen LogP contribution is 2.12. The molecule has 0 atom stereocenters. The van der Waals surface area contributed by atoms with Crippen molar-refractivity contribution < 1.29 is 11.0 Å². The van der Waals surface area contributed by atoms with E-state index in [1.807, 2.05) is 0 Å². The van der Waals surface area contributed by atoms with Crippen LogP contribution >= 0.6 is 0 Å². The van der Waals surface area contributed by atoms with E-state index in [9.17, 15) is 9.59 Å². The molecule has 0 spiro atoms. The van der Waals surface area contributed by atoms with Crippen LogP contribution in [0.15, 0.2) is 12.3 Å². The normalized spacial score (nSPS) is 19.6. The van der Waals surface area contributed by atoms with Gasteiger partial charge in [0, 0.05) is 19.0 Å². The Bertz CT molecular complexity index is 257. The highest BCUT2D eigenvalue weighted by atomic mass is 16.2. The summed E-state index contributed by atoms with van der Waals surface area (Å²) < 4.78 is 7.55. The van der Waals surface area contributed by atoms with Gasteiger partial charge < -0.3 is 0 Å². The number of unbranched alkanes of at least 4 members (excludes halogenated alkanes) is 2. The summed E-state index contributed by atoms with van der Waals surface area (Å²) in [5.74, 6) is -0.486. The number of nitrogens with zero attached hydrogens (tertiary/aromatic N) is 1. The van der Waals surface area contributed by atoms with Crippen molar-refractivity contribution in [3.05, 3.63) is 12.3 Å². The zero-order valence-corrected chi connectivity index (χ0v) is 7.88. The lowest BCUT2D eigenvalue weighted by Gasteiger charge is -2.05. The van der Waals surface area contributed by atoms with E-state index in [0.717, 1.165) is 24.2 Å². The maximum atomic E-state index is 11.2. The van der Waals surface area contributed by atoms with Crippen LogP contribution in [-0.4, -0.2) is 16.7 Å². The van der Waals surface area contributed by atoms with Crippen LogP contribution in [0.3, 0.4) is 0 Å². The van der Waals surface area contributed by atoms with E-state index in [1.165, 1.54) is 0 Å². The summed E-state index contributed by atoms with van der Waals surface area (Å²) in [5.41, 5.74) is 0. The molecule has 1 rings (SSSR count).